The van der Waals surface area contributed by atoms with Crippen LogP contribution >= 0.6 is 0 Å². The topological polar surface area (TPSA) is 44.1 Å². The Bertz CT molecular complexity index is 502. The molecule has 0 radical (unpaired) electrons. The van der Waals surface area contributed by atoms with Crippen LogP contribution in [0.1, 0.15) is 23.2 Å². The lowest BCUT2D eigenvalue weighted by molar-refractivity contribution is 0.0701. The van der Waals surface area contributed by atoms with Crippen LogP contribution in [-0.2, 0) is 0 Å². The number of halogens is 2. The van der Waals surface area contributed by atoms with E-state index >= 15 is 0 Å². The minimum absolute atomic E-state index is 0.0496. The Labute approximate surface area is 104 Å². The lowest BCUT2D eigenvalue weighted by Gasteiger charge is -2.29. The van der Waals surface area contributed by atoms with E-state index in [4.69, 9.17) is 5.26 Å². The molecule has 0 atom stereocenters. The van der Waals surface area contributed by atoms with Gasteiger partial charge in [0.25, 0.3) is 5.91 Å². The molecule has 1 heterocycles. The van der Waals surface area contributed by atoms with Crippen LogP contribution < -0.4 is 0 Å². The molecule has 94 valence electrons. The van der Waals surface area contributed by atoms with Crippen molar-refractivity contribution in [3.63, 3.8) is 0 Å². The quantitative estimate of drug-likeness (QED) is 0.767. The zero-order valence-corrected chi connectivity index (χ0v) is 9.70. The molecule has 5 heteroatoms. The first-order valence-corrected chi connectivity index (χ1v) is 5.76. The molecular formula is C13H12F2N2O. The van der Waals surface area contributed by atoms with Crippen LogP contribution in [0.5, 0.6) is 0 Å². The lowest BCUT2D eigenvalue weighted by Crippen LogP contribution is -2.38. The molecule has 0 saturated carbocycles. The average Bonchev–Trinajstić information content (AvgIpc) is 2.41. The van der Waals surface area contributed by atoms with Gasteiger partial charge in [-0.15, -0.1) is 0 Å². The van der Waals surface area contributed by atoms with E-state index in [9.17, 15) is 13.6 Å². The second-order valence-corrected chi connectivity index (χ2v) is 4.30. The third-order valence-corrected chi connectivity index (χ3v) is 3.15. The zero-order chi connectivity index (χ0) is 13.1. The monoisotopic (exact) mass is 250 g/mol. The minimum atomic E-state index is -1.11. The molecule has 0 N–H and O–H groups in total. The standard InChI is InChI=1S/C13H12F2N2O/c14-11-3-1-2-10(12(11)15)13(18)17-6-4-9(8-16)5-7-17/h1-3,9H,4-7H2. The Balaban J connectivity index is 2.13. The van der Waals surface area contributed by atoms with Crippen molar-refractivity contribution in [2.24, 2.45) is 5.92 Å². The Kier molecular flexibility index (Phi) is 3.56. The van der Waals surface area contributed by atoms with Gasteiger partial charge in [0.2, 0.25) is 0 Å². The third kappa shape index (κ3) is 2.33. The van der Waals surface area contributed by atoms with E-state index in [-0.39, 0.29) is 11.5 Å². The first-order chi connectivity index (χ1) is 8.63. The van der Waals surface area contributed by atoms with E-state index in [0.717, 1.165) is 6.07 Å². The minimum Gasteiger partial charge on any atom is -0.338 e. The molecule has 1 saturated heterocycles. The van der Waals surface area contributed by atoms with Gasteiger partial charge in [-0.1, -0.05) is 6.07 Å². The fraction of sp³-hybridized carbons (Fsp3) is 0.385. The molecular weight excluding hydrogens is 238 g/mol. The number of hydrogen-bond donors (Lipinski definition) is 0. The van der Waals surface area contributed by atoms with E-state index in [1.165, 1.54) is 17.0 Å². The van der Waals surface area contributed by atoms with Crippen molar-refractivity contribution in [1.29, 1.82) is 5.26 Å². The van der Waals surface area contributed by atoms with Gasteiger partial charge in [0.15, 0.2) is 11.6 Å². The van der Waals surface area contributed by atoms with E-state index < -0.39 is 17.5 Å². The molecule has 1 aliphatic heterocycles. The Hall–Kier alpha value is -1.96. The second kappa shape index (κ2) is 5.13. The van der Waals surface area contributed by atoms with Crippen LogP contribution in [0.25, 0.3) is 0 Å². The molecule has 1 aromatic carbocycles. The second-order valence-electron chi connectivity index (χ2n) is 4.30. The van der Waals surface area contributed by atoms with Gasteiger partial charge < -0.3 is 4.90 Å². The fourth-order valence-corrected chi connectivity index (χ4v) is 2.05. The van der Waals surface area contributed by atoms with E-state index in [2.05, 4.69) is 6.07 Å². The van der Waals surface area contributed by atoms with Crippen LogP contribution in [-0.4, -0.2) is 23.9 Å². The van der Waals surface area contributed by atoms with Crippen LogP contribution in [0.2, 0.25) is 0 Å². The van der Waals surface area contributed by atoms with Crippen molar-refractivity contribution in [3.05, 3.63) is 35.4 Å². The first-order valence-electron chi connectivity index (χ1n) is 5.76. The summed E-state index contributed by atoms with van der Waals surface area (Å²) in [5.41, 5.74) is -0.245. The predicted octanol–water partition coefficient (Wildman–Crippen LogP) is 2.34. The number of likely N-dealkylation sites (tertiary alicyclic amines) is 1. The maximum absolute atomic E-state index is 13.5. The van der Waals surface area contributed by atoms with Gasteiger partial charge in [-0.3, -0.25) is 4.79 Å². The van der Waals surface area contributed by atoms with Gasteiger partial charge in [-0.05, 0) is 25.0 Å². The lowest BCUT2D eigenvalue weighted by atomic mass is 9.98. The average molecular weight is 250 g/mol. The molecule has 1 amide bonds. The summed E-state index contributed by atoms with van der Waals surface area (Å²) in [6.07, 6.45) is 1.17. The van der Waals surface area contributed by atoms with Crippen molar-refractivity contribution < 1.29 is 13.6 Å². The number of rotatable bonds is 1. The Morgan fingerprint density at radius 2 is 2.00 bits per heavy atom. The molecule has 0 spiro atoms. The molecule has 0 unspecified atom stereocenters. The predicted molar refractivity (Wildman–Crippen MR) is 60.6 cm³/mol. The molecule has 1 aliphatic rings. The van der Waals surface area contributed by atoms with Crippen molar-refractivity contribution in [1.82, 2.24) is 4.90 Å². The maximum atomic E-state index is 13.5. The van der Waals surface area contributed by atoms with E-state index in [1.54, 1.807) is 0 Å². The SMILES string of the molecule is N#CC1CCN(C(=O)c2cccc(F)c2F)CC1. The smallest absolute Gasteiger partial charge is 0.256 e. The Morgan fingerprint density at radius 3 is 2.61 bits per heavy atom. The molecule has 18 heavy (non-hydrogen) atoms. The highest BCUT2D eigenvalue weighted by atomic mass is 19.2. The first kappa shape index (κ1) is 12.5. The molecule has 1 fully saturated rings. The summed E-state index contributed by atoms with van der Waals surface area (Å²) in [6.45, 7) is 0.819. The summed E-state index contributed by atoms with van der Waals surface area (Å²) < 4.78 is 26.5. The normalized spacial score (nSPS) is 16.4. The van der Waals surface area contributed by atoms with Gasteiger partial charge in [-0.25, -0.2) is 8.78 Å². The number of carbonyl (C=O) groups excluding carboxylic acids is 1. The van der Waals surface area contributed by atoms with Gasteiger partial charge in [-0.2, -0.15) is 5.26 Å². The number of piperidine rings is 1. The van der Waals surface area contributed by atoms with Crippen molar-refractivity contribution in [3.8, 4) is 6.07 Å². The highest BCUT2D eigenvalue weighted by Crippen LogP contribution is 2.20. The third-order valence-electron chi connectivity index (χ3n) is 3.15. The Morgan fingerprint density at radius 1 is 1.33 bits per heavy atom. The van der Waals surface area contributed by atoms with Crippen molar-refractivity contribution in [2.75, 3.05) is 13.1 Å². The molecule has 0 aromatic heterocycles. The van der Waals surface area contributed by atoms with Crippen LogP contribution in [0, 0.1) is 28.9 Å². The summed E-state index contributed by atoms with van der Waals surface area (Å²) in [6, 6.07) is 5.72. The molecule has 0 aliphatic carbocycles. The summed E-state index contributed by atoms with van der Waals surface area (Å²) in [5.74, 6) is -2.69. The highest BCUT2D eigenvalue weighted by Gasteiger charge is 2.25. The maximum Gasteiger partial charge on any atom is 0.256 e. The zero-order valence-electron chi connectivity index (χ0n) is 9.70. The van der Waals surface area contributed by atoms with Gasteiger partial charge in [0.1, 0.15) is 0 Å². The van der Waals surface area contributed by atoms with E-state index in [1.807, 2.05) is 0 Å². The summed E-state index contributed by atoms with van der Waals surface area (Å²) >= 11 is 0. The highest BCUT2D eigenvalue weighted by molar-refractivity contribution is 5.94. The number of carbonyl (C=O) groups is 1. The molecule has 3 nitrogen and oxygen atoms in total. The summed E-state index contributed by atoms with van der Waals surface area (Å²) in [5, 5.41) is 8.75. The molecule has 2 rings (SSSR count). The number of hydrogen-bond acceptors (Lipinski definition) is 2. The van der Waals surface area contributed by atoms with Gasteiger partial charge in [0.05, 0.1) is 11.6 Å². The number of amides is 1. The van der Waals surface area contributed by atoms with Crippen LogP contribution in [0.4, 0.5) is 8.78 Å². The number of nitrogens with zero attached hydrogens (tertiary/aromatic N) is 2. The molecule has 0 bridgehead atoms. The largest absolute Gasteiger partial charge is 0.338 e. The van der Waals surface area contributed by atoms with Crippen molar-refractivity contribution >= 4 is 5.91 Å². The van der Waals surface area contributed by atoms with Crippen molar-refractivity contribution in [2.45, 2.75) is 12.8 Å². The number of benzene rings is 1. The summed E-state index contributed by atoms with van der Waals surface area (Å²) in [7, 11) is 0. The van der Waals surface area contributed by atoms with Crippen LogP contribution in [0.3, 0.4) is 0 Å². The van der Waals surface area contributed by atoms with Gasteiger partial charge >= 0.3 is 0 Å². The van der Waals surface area contributed by atoms with Gasteiger partial charge in [0, 0.05) is 19.0 Å². The summed E-state index contributed by atoms with van der Waals surface area (Å²) in [4.78, 5) is 13.5. The van der Waals surface area contributed by atoms with Crippen LogP contribution in [0.15, 0.2) is 18.2 Å². The molecule has 1 aromatic rings. The van der Waals surface area contributed by atoms with E-state index in [0.29, 0.717) is 25.9 Å². The number of nitriles is 1. The fourth-order valence-electron chi connectivity index (χ4n) is 2.05.